The van der Waals surface area contributed by atoms with Crippen molar-refractivity contribution in [3.8, 4) is 0 Å². The molecule has 0 heterocycles. The molecule has 9 heteroatoms. The first-order chi connectivity index (χ1) is 12.6. The summed E-state index contributed by atoms with van der Waals surface area (Å²) in [5.41, 5.74) is -2.46. The van der Waals surface area contributed by atoms with Crippen LogP contribution in [0.5, 0.6) is 0 Å². The topological polar surface area (TPSA) is 94.3 Å². The van der Waals surface area contributed by atoms with E-state index in [1.54, 1.807) is 0 Å². The number of Topliss-reactive ketones (excluding diaryl/α,β-unsaturated/α-hetero) is 3. The van der Waals surface area contributed by atoms with Crippen molar-refractivity contribution in [2.45, 2.75) is 25.4 Å². The van der Waals surface area contributed by atoms with Crippen molar-refractivity contribution in [2.75, 3.05) is 0 Å². The summed E-state index contributed by atoms with van der Waals surface area (Å²) in [6, 6.07) is 4.72. The van der Waals surface area contributed by atoms with Crippen molar-refractivity contribution in [3.63, 3.8) is 0 Å². The number of hydrogen-bond donors (Lipinski definition) is 0. The average Bonchev–Trinajstić information content (AvgIpc) is 2.58. The van der Waals surface area contributed by atoms with Gasteiger partial charge >= 0.3 is 6.18 Å². The SMILES string of the molecule is O=C1CCCC(=O)C1C(=O)c1ccc2c(C(F)(F)F)cccc2c1[N+](=O)[O-]. The molecule has 0 atom stereocenters. The molecule has 140 valence electrons. The number of nitrogens with zero attached hydrogens (tertiary/aromatic N) is 1. The van der Waals surface area contributed by atoms with Gasteiger partial charge in [-0.25, -0.2) is 0 Å². The Morgan fingerprint density at radius 1 is 1.04 bits per heavy atom. The molecule has 0 amide bonds. The van der Waals surface area contributed by atoms with Gasteiger partial charge in [0.05, 0.1) is 21.4 Å². The van der Waals surface area contributed by atoms with Gasteiger partial charge in [0, 0.05) is 18.2 Å². The van der Waals surface area contributed by atoms with E-state index < -0.39 is 56.6 Å². The molecule has 3 rings (SSSR count). The number of ketones is 3. The standard InChI is InChI=1S/C18H12F3NO5/c19-18(20,21)12-4-1-3-10-9(12)7-8-11(16(10)22(26)27)17(25)15-13(23)5-2-6-14(15)24/h1,3-4,7-8,15H,2,5-6H2. The maximum Gasteiger partial charge on any atom is 0.417 e. The molecule has 2 aromatic rings. The molecule has 1 aliphatic rings. The Labute approximate surface area is 150 Å². The molecule has 1 aliphatic carbocycles. The highest BCUT2D eigenvalue weighted by Crippen LogP contribution is 2.39. The Hall–Kier alpha value is -3.10. The van der Waals surface area contributed by atoms with E-state index in [0.717, 1.165) is 30.3 Å². The third kappa shape index (κ3) is 3.20. The van der Waals surface area contributed by atoms with Gasteiger partial charge in [-0.1, -0.05) is 12.1 Å². The van der Waals surface area contributed by atoms with Crippen molar-refractivity contribution < 1.29 is 32.5 Å². The summed E-state index contributed by atoms with van der Waals surface area (Å²) < 4.78 is 39.5. The molecule has 0 bridgehead atoms. The zero-order valence-electron chi connectivity index (χ0n) is 13.7. The van der Waals surface area contributed by atoms with Gasteiger partial charge in [-0.15, -0.1) is 0 Å². The first kappa shape index (κ1) is 18.7. The number of alkyl halides is 3. The summed E-state index contributed by atoms with van der Waals surface area (Å²) in [6.07, 6.45) is -4.44. The van der Waals surface area contributed by atoms with E-state index in [1.165, 1.54) is 0 Å². The second-order valence-electron chi connectivity index (χ2n) is 6.20. The van der Waals surface area contributed by atoms with Gasteiger partial charge in [0.25, 0.3) is 5.69 Å². The van der Waals surface area contributed by atoms with E-state index >= 15 is 0 Å². The smallest absolute Gasteiger partial charge is 0.298 e. The number of benzene rings is 2. The second kappa shape index (κ2) is 6.57. The normalized spacial score (nSPS) is 16.0. The minimum absolute atomic E-state index is 0.00173. The molecule has 1 saturated carbocycles. The zero-order chi connectivity index (χ0) is 19.9. The minimum Gasteiger partial charge on any atom is -0.298 e. The largest absolute Gasteiger partial charge is 0.417 e. The molecule has 6 nitrogen and oxygen atoms in total. The maximum atomic E-state index is 13.2. The quantitative estimate of drug-likeness (QED) is 0.349. The van der Waals surface area contributed by atoms with Crippen LogP contribution in [-0.4, -0.2) is 22.3 Å². The van der Waals surface area contributed by atoms with Crippen LogP contribution in [0.15, 0.2) is 30.3 Å². The molecule has 0 spiro atoms. The van der Waals surface area contributed by atoms with Gasteiger partial charge in [-0.2, -0.15) is 13.2 Å². The highest BCUT2D eigenvalue weighted by Gasteiger charge is 2.40. The van der Waals surface area contributed by atoms with Crippen molar-refractivity contribution >= 4 is 33.8 Å². The summed E-state index contributed by atoms with van der Waals surface area (Å²) in [4.78, 5) is 47.3. The summed E-state index contributed by atoms with van der Waals surface area (Å²) >= 11 is 0. The van der Waals surface area contributed by atoms with Gasteiger partial charge in [-0.05, 0) is 24.6 Å². The van der Waals surface area contributed by atoms with Crippen LogP contribution in [0.1, 0.15) is 35.2 Å². The van der Waals surface area contributed by atoms with Crippen LogP contribution in [0.4, 0.5) is 18.9 Å². The molecule has 0 aromatic heterocycles. The van der Waals surface area contributed by atoms with Crippen LogP contribution in [0, 0.1) is 16.0 Å². The molecule has 0 N–H and O–H groups in total. The maximum absolute atomic E-state index is 13.2. The van der Waals surface area contributed by atoms with Crippen LogP contribution < -0.4 is 0 Å². The Morgan fingerprint density at radius 3 is 2.22 bits per heavy atom. The lowest BCUT2D eigenvalue weighted by atomic mass is 9.81. The Kier molecular flexibility index (Phi) is 4.54. The number of fused-ring (bicyclic) bond motifs is 1. The van der Waals surface area contributed by atoms with Crippen LogP contribution >= 0.6 is 0 Å². The van der Waals surface area contributed by atoms with Crippen molar-refractivity contribution in [1.29, 1.82) is 0 Å². The molecule has 0 aliphatic heterocycles. The van der Waals surface area contributed by atoms with E-state index in [1.807, 2.05) is 0 Å². The number of nitro benzene ring substituents is 1. The lowest BCUT2D eigenvalue weighted by molar-refractivity contribution is -0.383. The number of rotatable bonds is 3. The molecule has 0 saturated heterocycles. The number of hydrogen-bond acceptors (Lipinski definition) is 5. The van der Waals surface area contributed by atoms with Gasteiger partial charge in [0.2, 0.25) is 0 Å². The van der Waals surface area contributed by atoms with Crippen LogP contribution in [-0.2, 0) is 15.8 Å². The predicted molar refractivity (Wildman–Crippen MR) is 87.3 cm³/mol. The average molecular weight is 379 g/mol. The number of halogens is 3. The molecule has 1 fully saturated rings. The summed E-state index contributed by atoms with van der Waals surface area (Å²) in [5, 5.41) is 10.7. The Balaban J connectivity index is 2.24. The first-order valence-electron chi connectivity index (χ1n) is 8.00. The Morgan fingerprint density at radius 2 is 1.67 bits per heavy atom. The van der Waals surface area contributed by atoms with Crippen LogP contribution in [0.2, 0.25) is 0 Å². The summed E-state index contributed by atoms with van der Waals surface area (Å²) in [5.74, 6) is -3.94. The zero-order valence-corrected chi connectivity index (χ0v) is 13.7. The fraction of sp³-hybridized carbons (Fsp3) is 0.278. The van der Waals surface area contributed by atoms with E-state index in [-0.39, 0.29) is 18.2 Å². The number of carbonyl (C=O) groups excluding carboxylic acids is 3. The van der Waals surface area contributed by atoms with E-state index in [4.69, 9.17) is 0 Å². The van der Waals surface area contributed by atoms with Gasteiger partial charge < -0.3 is 0 Å². The van der Waals surface area contributed by atoms with E-state index in [9.17, 15) is 37.7 Å². The van der Waals surface area contributed by atoms with Crippen LogP contribution in [0.25, 0.3) is 10.8 Å². The highest BCUT2D eigenvalue weighted by molar-refractivity contribution is 6.27. The van der Waals surface area contributed by atoms with Crippen molar-refractivity contribution in [3.05, 3.63) is 51.6 Å². The molecular formula is C18H12F3NO5. The van der Waals surface area contributed by atoms with Crippen LogP contribution in [0.3, 0.4) is 0 Å². The van der Waals surface area contributed by atoms with E-state index in [0.29, 0.717) is 6.42 Å². The molecular weight excluding hydrogens is 367 g/mol. The monoisotopic (exact) mass is 379 g/mol. The number of nitro groups is 1. The third-order valence-corrected chi connectivity index (χ3v) is 4.54. The number of carbonyl (C=O) groups is 3. The fourth-order valence-electron chi connectivity index (χ4n) is 3.34. The second-order valence-corrected chi connectivity index (χ2v) is 6.20. The molecule has 2 aromatic carbocycles. The highest BCUT2D eigenvalue weighted by atomic mass is 19.4. The minimum atomic E-state index is -4.74. The molecule has 0 unspecified atom stereocenters. The summed E-state index contributed by atoms with van der Waals surface area (Å²) in [7, 11) is 0. The third-order valence-electron chi connectivity index (χ3n) is 4.54. The Bertz CT molecular complexity index is 980. The predicted octanol–water partition coefficient (Wildman–Crippen LogP) is 3.89. The van der Waals surface area contributed by atoms with Crippen molar-refractivity contribution in [1.82, 2.24) is 0 Å². The molecule has 0 radical (unpaired) electrons. The van der Waals surface area contributed by atoms with E-state index in [2.05, 4.69) is 0 Å². The van der Waals surface area contributed by atoms with Gasteiger partial charge in [0.1, 0.15) is 5.92 Å². The lowest BCUT2D eigenvalue weighted by Gasteiger charge is -2.18. The molecule has 27 heavy (non-hydrogen) atoms. The van der Waals surface area contributed by atoms with Crippen molar-refractivity contribution in [2.24, 2.45) is 5.92 Å². The lowest BCUT2D eigenvalue weighted by Crippen LogP contribution is -2.35. The first-order valence-corrected chi connectivity index (χ1v) is 8.00. The summed E-state index contributed by atoms with van der Waals surface area (Å²) in [6.45, 7) is 0. The van der Waals surface area contributed by atoms with Gasteiger partial charge in [-0.3, -0.25) is 24.5 Å². The van der Waals surface area contributed by atoms with Gasteiger partial charge in [0.15, 0.2) is 17.3 Å². The fourth-order valence-corrected chi connectivity index (χ4v) is 3.34.